The maximum absolute atomic E-state index is 12.9. The minimum Gasteiger partial charge on any atom is -0.466 e. The fourth-order valence-corrected chi connectivity index (χ4v) is 3.53. The molecule has 5 nitrogen and oxygen atoms in total. The first-order chi connectivity index (χ1) is 11.0. The fraction of sp³-hybridized carbons (Fsp3) is 0.294. The number of hydrogen-bond donors (Lipinski definition) is 0. The summed E-state index contributed by atoms with van der Waals surface area (Å²) in [6.45, 7) is 4.63. The Labute approximate surface area is 142 Å². The van der Waals surface area contributed by atoms with Crippen LogP contribution in [0.3, 0.4) is 0 Å². The zero-order valence-electron chi connectivity index (χ0n) is 12.9. The molecule has 0 fully saturated rings. The van der Waals surface area contributed by atoms with E-state index in [1.807, 2.05) is 49.2 Å². The lowest BCUT2D eigenvalue weighted by Gasteiger charge is -2.32. The predicted octanol–water partition coefficient (Wildman–Crippen LogP) is 3.76. The van der Waals surface area contributed by atoms with Crippen molar-refractivity contribution in [2.75, 3.05) is 6.54 Å². The summed E-state index contributed by atoms with van der Waals surface area (Å²) < 4.78 is 8.36. The number of halogens is 1. The third-order valence-corrected chi connectivity index (χ3v) is 4.83. The highest BCUT2D eigenvalue weighted by Crippen LogP contribution is 2.32. The number of fused-ring (bicyclic) bond motifs is 2. The van der Waals surface area contributed by atoms with Crippen molar-refractivity contribution in [1.82, 2.24) is 14.5 Å². The Balaban J connectivity index is 1.68. The number of pyridine rings is 1. The molecule has 4 heterocycles. The van der Waals surface area contributed by atoms with E-state index >= 15 is 0 Å². The Morgan fingerprint density at radius 3 is 3.04 bits per heavy atom. The van der Waals surface area contributed by atoms with Crippen LogP contribution >= 0.6 is 15.9 Å². The summed E-state index contributed by atoms with van der Waals surface area (Å²) in [7, 11) is 0. The van der Waals surface area contributed by atoms with Crippen molar-refractivity contribution in [3.05, 3.63) is 57.7 Å². The molecular formula is C17H16BrN3O2. The van der Waals surface area contributed by atoms with Gasteiger partial charge in [0, 0.05) is 29.2 Å². The normalized spacial score (nSPS) is 17.5. The number of carbonyl (C=O) groups excluding carboxylic acids is 1. The summed E-state index contributed by atoms with van der Waals surface area (Å²) in [6.07, 6.45) is 2.60. The second kappa shape index (κ2) is 5.23. The molecule has 0 spiro atoms. The molecule has 6 heteroatoms. The molecule has 118 valence electrons. The lowest BCUT2D eigenvalue weighted by molar-refractivity contribution is 0.0664. The van der Waals surface area contributed by atoms with Gasteiger partial charge >= 0.3 is 0 Å². The molecule has 0 saturated heterocycles. The second-order valence-electron chi connectivity index (χ2n) is 5.91. The minimum atomic E-state index is -0.0400. The maximum atomic E-state index is 12.9. The van der Waals surface area contributed by atoms with Gasteiger partial charge in [-0.15, -0.1) is 0 Å². The van der Waals surface area contributed by atoms with Gasteiger partial charge in [0.05, 0.1) is 11.6 Å². The molecule has 1 atom stereocenters. The molecule has 1 amide bonds. The second-order valence-corrected chi connectivity index (χ2v) is 6.82. The van der Waals surface area contributed by atoms with Crippen LogP contribution in [0.25, 0.3) is 5.52 Å². The van der Waals surface area contributed by atoms with E-state index in [1.165, 1.54) is 0 Å². The lowest BCUT2D eigenvalue weighted by Crippen LogP contribution is -2.38. The zero-order chi connectivity index (χ0) is 16.1. The molecule has 0 radical (unpaired) electrons. The first-order valence-corrected chi connectivity index (χ1v) is 8.37. The van der Waals surface area contributed by atoms with Gasteiger partial charge in [-0.05, 0) is 54.0 Å². The first-order valence-electron chi connectivity index (χ1n) is 7.58. The SMILES string of the molecule is Cc1cc2c(o1)CCN(C(=O)c1cc3ccc(Br)cn3n1)C2C. The van der Waals surface area contributed by atoms with Gasteiger partial charge in [-0.25, -0.2) is 4.52 Å². The third kappa shape index (κ3) is 2.37. The molecule has 1 aliphatic rings. The van der Waals surface area contributed by atoms with Gasteiger partial charge in [-0.2, -0.15) is 5.10 Å². The highest BCUT2D eigenvalue weighted by molar-refractivity contribution is 9.10. The van der Waals surface area contributed by atoms with E-state index in [0.717, 1.165) is 33.5 Å². The summed E-state index contributed by atoms with van der Waals surface area (Å²) in [5.74, 6) is 1.86. The average molecular weight is 374 g/mol. The number of carbonyl (C=O) groups is 1. The molecule has 3 aromatic rings. The molecule has 3 aromatic heterocycles. The van der Waals surface area contributed by atoms with Crippen molar-refractivity contribution < 1.29 is 9.21 Å². The Kier molecular flexibility index (Phi) is 3.30. The number of aryl methyl sites for hydroxylation is 1. The molecule has 0 aromatic carbocycles. The van der Waals surface area contributed by atoms with Crippen LogP contribution in [0.1, 0.15) is 40.5 Å². The van der Waals surface area contributed by atoms with Gasteiger partial charge in [-0.3, -0.25) is 4.79 Å². The van der Waals surface area contributed by atoms with E-state index in [9.17, 15) is 4.79 Å². The van der Waals surface area contributed by atoms with Gasteiger partial charge in [0.15, 0.2) is 5.69 Å². The largest absolute Gasteiger partial charge is 0.466 e. The molecule has 0 N–H and O–H groups in total. The van der Waals surface area contributed by atoms with E-state index in [2.05, 4.69) is 21.0 Å². The van der Waals surface area contributed by atoms with E-state index < -0.39 is 0 Å². The molecule has 23 heavy (non-hydrogen) atoms. The summed E-state index contributed by atoms with van der Waals surface area (Å²) >= 11 is 3.42. The van der Waals surface area contributed by atoms with E-state index in [1.54, 1.807) is 4.52 Å². The number of amides is 1. The van der Waals surface area contributed by atoms with Crippen molar-refractivity contribution in [1.29, 1.82) is 0 Å². The van der Waals surface area contributed by atoms with E-state index in [4.69, 9.17) is 4.42 Å². The van der Waals surface area contributed by atoms with Crippen molar-refractivity contribution in [3.8, 4) is 0 Å². The first kappa shape index (κ1) is 14.5. The van der Waals surface area contributed by atoms with Crippen molar-refractivity contribution >= 4 is 27.4 Å². The van der Waals surface area contributed by atoms with Gasteiger partial charge < -0.3 is 9.32 Å². The Hall–Kier alpha value is -2.08. The number of rotatable bonds is 1. The van der Waals surface area contributed by atoms with Crippen LogP contribution in [-0.2, 0) is 6.42 Å². The monoisotopic (exact) mass is 373 g/mol. The number of aromatic nitrogens is 2. The quantitative estimate of drug-likeness (QED) is 0.652. The standard InChI is InChI=1S/C17H16BrN3O2/c1-10-7-14-11(2)20(6-5-16(14)23-10)17(22)15-8-13-4-3-12(18)9-21(13)19-15/h3-4,7-9,11H,5-6H2,1-2H3. The summed E-state index contributed by atoms with van der Waals surface area (Å²) in [4.78, 5) is 14.8. The number of hydrogen-bond acceptors (Lipinski definition) is 3. The van der Waals surface area contributed by atoms with Gasteiger partial charge in [0.25, 0.3) is 5.91 Å². The average Bonchev–Trinajstić information content (AvgIpc) is 3.09. The molecule has 0 aliphatic carbocycles. The Morgan fingerprint density at radius 1 is 1.39 bits per heavy atom. The van der Waals surface area contributed by atoms with Gasteiger partial charge in [0.2, 0.25) is 0 Å². The van der Waals surface area contributed by atoms with Crippen LogP contribution in [0.5, 0.6) is 0 Å². The van der Waals surface area contributed by atoms with Crippen LogP contribution in [0.2, 0.25) is 0 Å². The van der Waals surface area contributed by atoms with Crippen LogP contribution in [0.15, 0.2) is 39.4 Å². The Morgan fingerprint density at radius 2 is 2.22 bits per heavy atom. The number of furan rings is 1. The lowest BCUT2D eigenvalue weighted by atomic mass is 10.00. The molecular weight excluding hydrogens is 358 g/mol. The molecule has 0 bridgehead atoms. The summed E-state index contributed by atoms with van der Waals surface area (Å²) in [6, 6.07) is 7.73. The van der Waals surface area contributed by atoms with Gasteiger partial charge in [0.1, 0.15) is 11.5 Å². The molecule has 1 aliphatic heterocycles. The predicted molar refractivity (Wildman–Crippen MR) is 89.5 cm³/mol. The van der Waals surface area contributed by atoms with Crippen LogP contribution in [0, 0.1) is 6.92 Å². The maximum Gasteiger partial charge on any atom is 0.274 e. The van der Waals surface area contributed by atoms with Crippen molar-refractivity contribution in [3.63, 3.8) is 0 Å². The smallest absolute Gasteiger partial charge is 0.274 e. The van der Waals surface area contributed by atoms with E-state index in [-0.39, 0.29) is 11.9 Å². The van der Waals surface area contributed by atoms with Crippen molar-refractivity contribution in [2.24, 2.45) is 0 Å². The zero-order valence-corrected chi connectivity index (χ0v) is 14.5. The third-order valence-electron chi connectivity index (χ3n) is 4.37. The summed E-state index contributed by atoms with van der Waals surface area (Å²) in [5, 5.41) is 4.42. The van der Waals surface area contributed by atoms with Crippen molar-refractivity contribution in [2.45, 2.75) is 26.3 Å². The minimum absolute atomic E-state index is 0.000230. The highest BCUT2D eigenvalue weighted by Gasteiger charge is 2.31. The van der Waals surface area contributed by atoms with E-state index in [0.29, 0.717) is 12.2 Å². The van der Waals surface area contributed by atoms with Crippen LogP contribution in [-0.4, -0.2) is 27.0 Å². The van der Waals surface area contributed by atoms with Crippen LogP contribution in [0.4, 0.5) is 0 Å². The number of nitrogens with zero attached hydrogens (tertiary/aromatic N) is 3. The van der Waals surface area contributed by atoms with Gasteiger partial charge in [-0.1, -0.05) is 0 Å². The fourth-order valence-electron chi connectivity index (χ4n) is 3.21. The molecule has 0 saturated carbocycles. The summed E-state index contributed by atoms with van der Waals surface area (Å²) in [5.41, 5.74) is 2.48. The Bertz CT molecular complexity index is 912. The molecule has 1 unspecified atom stereocenters. The topological polar surface area (TPSA) is 50.8 Å². The van der Waals surface area contributed by atoms with Crippen LogP contribution < -0.4 is 0 Å². The molecule has 4 rings (SSSR count). The highest BCUT2D eigenvalue weighted by atomic mass is 79.9.